The summed E-state index contributed by atoms with van der Waals surface area (Å²) in [5.41, 5.74) is 14.4. The first-order chi connectivity index (χ1) is 22.4. The first kappa shape index (κ1) is 34.2. The lowest BCUT2D eigenvalue weighted by Crippen LogP contribution is -2.57. The number of carbonyl (C=O) groups excluding carboxylic acids is 4. The Hall–Kier alpha value is -5.70. The van der Waals surface area contributed by atoms with Crippen LogP contribution in [0.3, 0.4) is 0 Å². The SMILES string of the molecule is NC(=O)CCC(NC(=O)C(Cc1c[nH]c2ccccc12)NC(=O)C(CCC(=O)O)NC(=O)C(N)Cc1c[nH]c2ccccc12)C(=O)O. The Labute approximate surface area is 268 Å². The van der Waals surface area contributed by atoms with Gasteiger partial charge in [-0.05, 0) is 42.5 Å². The molecule has 11 N–H and O–H groups in total. The predicted molar refractivity (Wildman–Crippen MR) is 171 cm³/mol. The Balaban J connectivity index is 1.54. The van der Waals surface area contributed by atoms with Crippen LogP contribution in [0.15, 0.2) is 60.9 Å². The third-order valence-electron chi connectivity index (χ3n) is 7.76. The number of rotatable bonds is 17. The summed E-state index contributed by atoms with van der Waals surface area (Å²) >= 11 is 0. The van der Waals surface area contributed by atoms with E-state index < -0.39 is 66.2 Å². The van der Waals surface area contributed by atoms with Gasteiger partial charge in [0.1, 0.15) is 18.1 Å². The van der Waals surface area contributed by atoms with Crippen molar-refractivity contribution in [2.45, 2.75) is 62.7 Å². The number of aromatic nitrogens is 2. The number of benzene rings is 2. The lowest BCUT2D eigenvalue weighted by Gasteiger charge is -2.25. The van der Waals surface area contributed by atoms with Gasteiger partial charge in [-0.25, -0.2) is 4.79 Å². The van der Waals surface area contributed by atoms with Crippen LogP contribution in [0.25, 0.3) is 21.8 Å². The van der Waals surface area contributed by atoms with Crippen LogP contribution in [-0.2, 0) is 41.6 Å². The molecule has 4 atom stereocenters. The Morgan fingerprint density at radius 2 is 1.15 bits per heavy atom. The van der Waals surface area contributed by atoms with Crippen molar-refractivity contribution in [1.29, 1.82) is 0 Å². The summed E-state index contributed by atoms with van der Waals surface area (Å²) in [5.74, 6) is -5.84. The zero-order valence-corrected chi connectivity index (χ0v) is 25.3. The molecule has 0 spiro atoms. The van der Waals surface area contributed by atoms with E-state index >= 15 is 0 Å². The van der Waals surface area contributed by atoms with Crippen molar-refractivity contribution in [1.82, 2.24) is 25.9 Å². The molecule has 47 heavy (non-hydrogen) atoms. The van der Waals surface area contributed by atoms with E-state index in [1.807, 2.05) is 36.4 Å². The molecule has 15 heteroatoms. The molecular weight excluding hydrogens is 610 g/mol. The van der Waals surface area contributed by atoms with Crippen molar-refractivity contribution in [3.05, 3.63) is 72.1 Å². The van der Waals surface area contributed by atoms with Crippen LogP contribution in [-0.4, -0.2) is 79.9 Å². The number of carboxylic acid groups (broad SMARTS) is 2. The number of para-hydroxylation sites is 2. The maximum Gasteiger partial charge on any atom is 0.326 e. The quantitative estimate of drug-likeness (QED) is 0.0768. The molecule has 4 rings (SSSR count). The van der Waals surface area contributed by atoms with Crippen LogP contribution < -0.4 is 27.4 Å². The van der Waals surface area contributed by atoms with Gasteiger partial charge in [-0.15, -0.1) is 0 Å². The van der Waals surface area contributed by atoms with Crippen LogP contribution >= 0.6 is 0 Å². The number of carbonyl (C=O) groups is 6. The zero-order valence-electron chi connectivity index (χ0n) is 25.3. The van der Waals surface area contributed by atoms with E-state index in [-0.39, 0.29) is 32.1 Å². The molecule has 0 radical (unpaired) electrons. The second kappa shape index (κ2) is 15.5. The maximum atomic E-state index is 13.6. The highest BCUT2D eigenvalue weighted by Gasteiger charge is 2.31. The Morgan fingerprint density at radius 3 is 1.70 bits per heavy atom. The van der Waals surface area contributed by atoms with Crippen molar-refractivity contribution < 1.29 is 39.0 Å². The highest BCUT2D eigenvalue weighted by molar-refractivity contribution is 5.95. The number of amides is 4. The molecule has 0 fully saturated rings. The molecule has 2 heterocycles. The molecule has 0 saturated heterocycles. The fourth-order valence-corrected chi connectivity index (χ4v) is 5.26. The number of aliphatic carboxylic acids is 2. The predicted octanol–water partition coefficient (Wildman–Crippen LogP) is 0.431. The number of hydrogen-bond donors (Lipinski definition) is 9. The van der Waals surface area contributed by atoms with Gasteiger partial charge in [-0.2, -0.15) is 0 Å². The number of primary amides is 1. The average Bonchev–Trinajstić information content (AvgIpc) is 3.64. The van der Waals surface area contributed by atoms with Crippen molar-refractivity contribution in [3.63, 3.8) is 0 Å². The molecule has 4 amide bonds. The van der Waals surface area contributed by atoms with E-state index in [2.05, 4.69) is 25.9 Å². The molecule has 0 bridgehead atoms. The summed E-state index contributed by atoms with van der Waals surface area (Å²) in [7, 11) is 0. The van der Waals surface area contributed by atoms with E-state index in [0.717, 1.165) is 27.4 Å². The number of aromatic amines is 2. The minimum atomic E-state index is -1.48. The Kier molecular flexibility index (Phi) is 11.3. The zero-order chi connectivity index (χ0) is 34.1. The van der Waals surface area contributed by atoms with Gasteiger partial charge in [-0.3, -0.25) is 24.0 Å². The van der Waals surface area contributed by atoms with Gasteiger partial charge in [0.25, 0.3) is 0 Å². The second-order valence-corrected chi connectivity index (χ2v) is 11.2. The molecule has 2 aromatic heterocycles. The minimum Gasteiger partial charge on any atom is -0.481 e. The van der Waals surface area contributed by atoms with Gasteiger partial charge in [0.15, 0.2) is 0 Å². The van der Waals surface area contributed by atoms with Gasteiger partial charge in [0, 0.05) is 53.5 Å². The van der Waals surface area contributed by atoms with Crippen molar-refractivity contribution in [2.24, 2.45) is 11.5 Å². The van der Waals surface area contributed by atoms with Gasteiger partial charge >= 0.3 is 11.9 Å². The molecule has 4 unspecified atom stereocenters. The van der Waals surface area contributed by atoms with Gasteiger partial charge < -0.3 is 47.6 Å². The van der Waals surface area contributed by atoms with Gasteiger partial charge in [-0.1, -0.05) is 36.4 Å². The summed E-state index contributed by atoms with van der Waals surface area (Å²) < 4.78 is 0. The van der Waals surface area contributed by atoms with E-state index in [1.165, 1.54) is 0 Å². The first-order valence-electron chi connectivity index (χ1n) is 14.9. The highest BCUT2D eigenvalue weighted by Crippen LogP contribution is 2.20. The topological polar surface area (TPSA) is 263 Å². The minimum absolute atomic E-state index is 0.0938. The van der Waals surface area contributed by atoms with Crippen LogP contribution in [0.4, 0.5) is 0 Å². The van der Waals surface area contributed by atoms with Crippen LogP contribution in [0, 0.1) is 0 Å². The van der Waals surface area contributed by atoms with Crippen LogP contribution in [0.2, 0.25) is 0 Å². The highest BCUT2D eigenvalue weighted by atomic mass is 16.4. The summed E-state index contributed by atoms with van der Waals surface area (Å²) in [6.07, 6.45) is 2.02. The van der Waals surface area contributed by atoms with Crippen LogP contribution in [0.5, 0.6) is 0 Å². The van der Waals surface area contributed by atoms with Crippen LogP contribution in [0.1, 0.15) is 36.8 Å². The first-order valence-corrected chi connectivity index (χ1v) is 14.9. The molecule has 0 aliphatic heterocycles. The van der Waals surface area contributed by atoms with Gasteiger partial charge in [0.2, 0.25) is 23.6 Å². The van der Waals surface area contributed by atoms with Crippen molar-refractivity contribution in [2.75, 3.05) is 0 Å². The molecule has 248 valence electrons. The molecule has 0 aliphatic carbocycles. The van der Waals surface area contributed by atoms with E-state index in [9.17, 15) is 39.0 Å². The molecule has 15 nitrogen and oxygen atoms in total. The average molecular weight is 648 g/mol. The molecular formula is C32H37N7O8. The molecule has 0 saturated carbocycles. The summed E-state index contributed by atoms with van der Waals surface area (Å²) in [6, 6.07) is 9.32. The Bertz CT molecular complexity index is 1780. The lowest BCUT2D eigenvalue weighted by atomic mass is 10.0. The smallest absolute Gasteiger partial charge is 0.326 e. The van der Waals surface area contributed by atoms with E-state index in [1.54, 1.807) is 24.5 Å². The summed E-state index contributed by atoms with van der Waals surface area (Å²) in [6.45, 7) is 0. The second-order valence-electron chi connectivity index (χ2n) is 11.2. The summed E-state index contributed by atoms with van der Waals surface area (Å²) in [4.78, 5) is 81.0. The third kappa shape index (κ3) is 9.17. The van der Waals surface area contributed by atoms with Crippen molar-refractivity contribution >= 4 is 57.4 Å². The summed E-state index contributed by atoms with van der Waals surface area (Å²) in [5, 5.41) is 28.0. The number of H-pyrrole nitrogens is 2. The number of hydrogen-bond acceptors (Lipinski definition) is 7. The third-order valence-corrected chi connectivity index (χ3v) is 7.76. The fraction of sp³-hybridized carbons (Fsp3) is 0.312. The molecule has 4 aromatic rings. The monoisotopic (exact) mass is 647 g/mol. The number of nitrogens with two attached hydrogens (primary N) is 2. The standard InChI is InChI=1S/C32H37N7O8/c33-21(13-17-15-35-22-7-3-1-5-19(17)22)29(43)37-24(10-12-28(41)42)30(44)39-26(14-18-16-36-23-8-4-2-6-20(18)23)31(45)38-25(32(46)47)9-11-27(34)40/h1-8,15-16,21,24-26,35-36H,9-14,33H2,(H2,34,40)(H,37,43)(H,38,45)(H,39,44)(H,41,42)(H,46,47). The van der Waals surface area contributed by atoms with Crippen molar-refractivity contribution in [3.8, 4) is 0 Å². The lowest BCUT2D eigenvalue weighted by molar-refractivity contribution is -0.142. The molecule has 0 aliphatic rings. The number of fused-ring (bicyclic) bond motifs is 2. The molecule has 2 aromatic carbocycles. The normalized spacial score (nSPS) is 13.7. The van der Waals surface area contributed by atoms with E-state index in [4.69, 9.17) is 11.5 Å². The fourth-order valence-electron chi connectivity index (χ4n) is 5.26. The maximum absolute atomic E-state index is 13.6. The number of nitrogens with one attached hydrogen (secondary N) is 5. The van der Waals surface area contributed by atoms with E-state index in [0.29, 0.717) is 5.56 Å². The number of carboxylic acids is 2. The Morgan fingerprint density at radius 1 is 0.660 bits per heavy atom. The van der Waals surface area contributed by atoms with Gasteiger partial charge in [0.05, 0.1) is 6.04 Å². The largest absolute Gasteiger partial charge is 0.481 e.